The molecule has 7 heteroatoms. The van der Waals surface area contributed by atoms with Gasteiger partial charge in [-0.2, -0.15) is 0 Å². The first-order valence-electron chi connectivity index (χ1n) is 8.40. The number of hydrogen-bond acceptors (Lipinski definition) is 7. The molecule has 1 saturated heterocycles. The molecule has 7 nitrogen and oxygen atoms in total. The van der Waals surface area contributed by atoms with Crippen LogP contribution in [0.2, 0.25) is 0 Å². The van der Waals surface area contributed by atoms with E-state index in [2.05, 4.69) is 47.3 Å². The molecule has 1 aliphatic heterocycles. The Labute approximate surface area is 146 Å². The lowest BCUT2D eigenvalue weighted by Crippen LogP contribution is -2.35. The Kier molecular flexibility index (Phi) is 4.45. The van der Waals surface area contributed by atoms with Crippen molar-refractivity contribution in [3.63, 3.8) is 0 Å². The highest BCUT2D eigenvalue weighted by atomic mass is 15.2. The summed E-state index contributed by atoms with van der Waals surface area (Å²) < 4.78 is 0. The molecule has 0 unspecified atom stereocenters. The zero-order valence-electron chi connectivity index (χ0n) is 13.8. The SMILES string of the molecule is c1cnc(Nc2cc([C@H]3CCCN(c4ncccn4)C3)ccn2)nc1. The predicted molar refractivity (Wildman–Crippen MR) is 95.8 cm³/mol. The van der Waals surface area contributed by atoms with Crippen LogP contribution in [0.1, 0.15) is 24.3 Å². The van der Waals surface area contributed by atoms with Crippen molar-refractivity contribution in [3.8, 4) is 0 Å². The molecule has 1 atom stereocenters. The van der Waals surface area contributed by atoms with Crippen molar-refractivity contribution in [3.05, 3.63) is 60.8 Å². The van der Waals surface area contributed by atoms with Crippen LogP contribution in [0.5, 0.6) is 0 Å². The molecule has 1 fully saturated rings. The lowest BCUT2D eigenvalue weighted by atomic mass is 9.91. The Morgan fingerprint density at radius 3 is 2.48 bits per heavy atom. The molecule has 0 spiro atoms. The zero-order valence-corrected chi connectivity index (χ0v) is 13.8. The van der Waals surface area contributed by atoms with Crippen molar-refractivity contribution in [2.75, 3.05) is 23.3 Å². The molecule has 3 aromatic heterocycles. The van der Waals surface area contributed by atoms with Crippen LogP contribution in [-0.4, -0.2) is 38.0 Å². The van der Waals surface area contributed by atoms with Crippen LogP contribution in [-0.2, 0) is 0 Å². The zero-order chi connectivity index (χ0) is 16.9. The van der Waals surface area contributed by atoms with Crippen molar-refractivity contribution in [2.24, 2.45) is 0 Å². The summed E-state index contributed by atoms with van der Waals surface area (Å²) in [5.74, 6) is 2.54. The summed E-state index contributed by atoms with van der Waals surface area (Å²) in [5, 5.41) is 3.15. The highest BCUT2D eigenvalue weighted by Crippen LogP contribution is 2.29. The maximum Gasteiger partial charge on any atom is 0.228 e. The van der Waals surface area contributed by atoms with E-state index in [1.165, 1.54) is 5.56 Å². The van der Waals surface area contributed by atoms with Crippen molar-refractivity contribution in [2.45, 2.75) is 18.8 Å². The molecule has 1 N–H and O–H groups in total. The van der Waals surface area contributed by atoms with Gasteiger partial charge in [-0.25, -0.2) is 24.9 Å². The van der Waals surface area contributed by atoms with E-state index in [0.29, 0.717) is 11.9 Å². The number of piperidine rings is 1. The topological polar surface area (TPSA) is 79.7 Å². The summed E-state index contributed by atoms with van der Waals surface area (Å²) in [4.78, 5) is 23.7. The first-order valence-corrected chi connectivity index (χ1v) is 8.40. The number of nitrogens with zero attached hydrogens (tertiary/aromatic N) is 6. The van der Waals surface area contributed by atoms with Crippen molar-refractivity contribution >= 4 is 17.7 Å². The molecule has 0 aromatic carbocycles. The standard InChI is InChI=1S/C18H19N7/c1-4-15(13-25(11-1)18-22-8-3-9-23-18)14-5-10-19-16(12-14)24-17-20-6-2-7-21-17/h2-3,5-10,12,15H,1,4,11,13H2,(H,19,20,21,24)/t15-/m0/s1. The smallest absolute Gasteiger partial charge is 0.228 e. The van der Waals surface area contributed by atoms with E-state index in [1.54, 1.807) is 30.9 Å². The third kappa shape index (κ3) is 3.71. The minimum Gasteiger partial charge on any atom is -0.340 e. The van der Waals surface area contributed by atoms with Crippen LogP contribution in [0.15, 0.2) is 55.2 Å². The van der Waals surface area contributed by atoms with Gasteiger partial charge >= 0.3 is 0 Å². The highest BCUT2D eigenvalue weighted by molar-refractivity contribution is 5.49. The first-order chi connectivity index (χ1) is 12.4. The van der Waals surface area contributed by atoms with Gasteiger partial charge in [0, 0.05) is 50.0 Å². The van der Waals surface area contributed by atoms with E-state index in [-0.39, 0.29) is 0 Å². The van der Waals surface area contributed by atoms with Crippen LogP contribution < -0.4 is 10.2 Å². The fourth-order valence-electron chi connectivity index (χ4n) is 3.13. The summed E-state index contributed by atoms with van der Waals surface area (Å²) in [6.07, 6.45) is 11.1. The molecular formula is C18H19N7. The van der Waals surface area contributed by atoms with Crippen LogP contribution in [0.25, 0.3) is 0 Å². The summed E-state index contributed by atoms with van der Waals surface area (Å²) in [7, 11) is 0. The molecule has 0 bridgehead atoms. The van der Waals surface area contributed by atoms with E-state index in [0.717, 1.165) is 37.7 Å². The van der Waals surface area contributed by atoms with Gasteiger partial charge in [0.1, 0.15) is 5.82 Å². The number of pyridine rings is 1. The van der Waals surface area contributed by atoms with Gasteiger partial charge in [0.2, 0.25) is 11.9 Å². The van der Waals surface area contributed by atoms with Gasteiger partial charge in [0.05, 0.1) is 0 Å². The maximum atomic E-state index is 4.38. The van der Waals surface area contributed by atoms with Gasteiger partial charge in [-0.05, 0) is 42.7 Å². The Morgan fingerprint density at radius 1 is 0.920 bits per heavy atom. The molecule has 1 aliphatic rings. The van der Waals surface area contributed by atoms with Crippen molar-refractivity contribution in [1.29, 1.82) is 0 Å². The van der Waals surface area contributed by atoms with Gasteiger partial charge in [-0.1, -0.05) is 0 Å². The normalized spacial score (nSPS) is 17.3. The molecule has 0 aliphatic carbocycles. The summed E-state index contributed by atoms with van der Waals surface area (Å²) >= 11 is 0. The van der Waals surface area contributed by atoms with Crippen LogP contribution in [0, 0.1) is 0 Å². The molecule has 0 radical (unpaired) electrons. The highest BCUT2D eigenvalue weighted by Gasteiger charge is 2.23. The van der Waals surface area contributed by atoms with Crippen molar-refractivity contribution in [1.82, 2.24) is 24.9 Å². The van der Waals surface area contributed by atoms with E-state index < -0.39 is 0 Å². The van der Waals surface area contributed by atoms with Gasteiger partial charge in [0.25, 0.3) is 0 Å². The molecule has 126 valence electrons. The molecule has 4 heterocycles. The van der Waals surface area contributed by atoms with Crippen LogP contribution >= 0.6 is 0 Å². The number of aromatic nitrogens is 5. The number of rotatable bonds is 4. The van der Waals surface area contributed by atoms with Gasteiger partial charge in [0.15, 0.2) is 0 Å². The quantitative estimate of drug-likeness (QED) is 0.786. The van der Waals surface area contributed by atoms with Crippen LogP contribution in [0.3, 0.4) is 0 Å². The average Bonchev–Trinajstić information content (AvgIpc) is 2.70. The predicted octanol–water partition coefficient (Wildman–Crippen LogP) is 2.79. The second-order valence-corrected chi connectivity index (χ2v) is 6.01. The molecule has 4 rings (SSSR count). The van der Waals surface area contributed by atoms with E-state index >= 15 is 0 Å². The van der Waals surface area contributed by atoms with Gasteiger partial charge < -0.3 is 10.2 Å². The Morgan fingerprint density at radius 2 is 1.68 bits per heavy atom. The Hall–Kier alpha value is -3.09. The summed E-state index contributed by atoms with van der Waals surface area (Å²) in [6.45, 7) is 1.91. The second-order valence-electron chi connectivity index (χ2n) is 6.01. The second kappa shape index (κ2) is 7.21. The largest absolute Gasteiger partial charge is 0.340 e. The van der Waals surface area contributed by atoms with Crippen LogP contribution in [0.4, 0.5) is 17.7 Å². The fourth-order valence-corrected chi connectivity index (χ4v) is 3.13. The Balaban J connectivity index is 1.50. The Bertz CT molecular complexity index is 810. The molecular weight excluding hydrogens is 314 g/mol. The van der Waals surface area contributed by atoms with E-state index in [4.69, 9.17) is 0 Å². The van der Waals surface area contributed by atoms with Gasteiger partial charge in [-0.15, -0.1) is 0 Å². The summed E-state index contributed by atoms with van der Waals surface area (Å²) in [5.41, 5.74) is 1.26. The first kappa shape index (κ1) is 15.4. The average molecular weight is 333 g/mol. The minimum atomic E-state index is 0.429. The third-order valence-corrected chi connectivity index (χ3v) is 4.32. The fraction of sp³-hybridized carbons (Fsp3) is 0.278. The molecule has 0 amide bonds. The maximum absolute atomic E-state index is 4.38. The minimum absolute atomic E-state index is 0.429. The van der Waals surface area contributed by atoms with Crippen molar-refractivity contribution < 1.29 is 0 Å². The van der Waals surface area contributed by atoms with E-state index in [9.17, 15) is 0 Å². The lowest BCUT2D eigenvalue weighted by molar-refractivity contribution is 0.503. The van der Waals surface area contributed by atoms with E-state index in [1.807, 2.05) is 12.3 Å². The summed E-state index contributed by atoms with van der Waals surface area (Å²) in [6, 6.07) is 7.79. The number of anilines is 3. The number of nitrogens with one attached hydrogen (secondary N) is 1. The van der Waals surface area contributed by atoms with Gasteiger partial charge in [-0.3, -0.25) is 0 Å². The molecule has 3 aromatic rings. The third-order valence-electron chi connectivity index (χ3n) is 4.32. The molecule has 25 heavy (non-hydrogen) atoms. The lowest BCUT2D eigenvalue weighted by Gasteiger charge is -2.33. The monoisotopic (exact) mass is 333 g/mol. The molecule has 0 saturated carbocycles. The number of hydrogen-bond donors (Lipinski definition) is 1.